The maximum absolute atomic E-state index is 12.5. The first-order valence-corrected chi connectivity index (χ1v) is 10.5. The Balaban J connectivity index is 1.48. The van der Waals surface area contributed by atoms with E-state index in [2.05, 4.69) is 4.99 Å². The Labute approximate surface area is 180 Å². The van der Waals surface area contributed by atoms with Crippen LogP contribution in [0.2, 0.25) is 0 Å². The third-order valence-electron chi connectivity index (χ3n) is 4.95. The van der Waals surface area contributed by atoms with E-state index in [4.69, 9.17) is 21.7 Å². The lowest BCUT2D eigenvalue weighted by molar-refractivity contribution is -0.114. The number of amides is 1. The van der Waals surface area contributed by atoms with Crippen LogP contribution in [-0.2, 0) is 17.8 Å². The molecule has 5 rings (SSSR count). The fourth-order valence-corrected chi connectivity index (χ4v) is 4.71. The number of aromatic nitrogens is 1. The smallest absolute Gasteiger partial charge is 0.277 e. The van der Waals surface area contributed by atoms with Crippen LogP contribution in [0.25, 0.3) is 12.2 Å². The second-order valence-electron chi connectivity index (χ2n) is 6.87. The molecule has 0 aliphatic carbocycles. The highest BCUT2D eigenvalue weighted by Crippen LogP contribution is 2.30. The fourth-order valence-electron chi connectivity index (χ4n) is 3.40. The molecule has 30 heavy (non-hydrogen) atoms. The summed E-state index contributed by atoms with van der Waals surface area (Å²) in [7, 11) is 0. The van der Waals surface area contributed by atoms with E-state index in [1.54, 1.807) is 28.9 Å². The lowest BCUT2D eigenvalue weighted by atomic mass is 10.1. The minimum atomic E-state index is -0.379. The molecule has 0 atom stereocenters. The number of hydrogen-bond acceptors (Lipinski definition) is 6. The molecule has 150 valence electrons. The van der Waals surface area contributed by atoms with Gasteiger partial charge in [-0.2, -0.15) is 0 Å². The molecule has 0 saturated carbocycles. The quantitative estimate of drug-likeness (QED) is 0.503. The Hall–Kier alpha value is -3.23. The summed E-state index contributed by atoms with van der Waals surface area (Å²) >= 11 is 6.70. The van der Waals surface area contributed by atoms with Crippen molar-refractivity contribution < 1.29 is 19.4 Å². The number of carbonyl (C=O) groups is 1. The second kappa shape index (κ2) is 7.55. The summed E-state index contributed by atoms with van der Waals surface area (Å²) < 4.78 is 13.0. The number of carbonyl (C=O) groups excluding carboxylic acids is 1. The van der Waals surface area contributed by atoms with Gasteiger partial charge in [-0.1, -0.05) is 30.3 Å². The summed E-state index contributed by atoms with van der Waals surface area (Å²) in [6.45, 7) is 0.714. The van der Waals surface area contributed by atoms with Crippen LogP contribution in [0.1, 0.15) is 10.4 Å². The Morgan fingerprint density at radius 2 is 1.97 bits per heavy atom. The molecule has 1 aromatic heterocycles. The molecule has 2 aliphatic rings. The monoisotopic (exact) mass is 436 g/mol. The number of thiazole rings is 1. The number of fused-ring (bicyclic) bond motifs is 2. The Bertz CT molecular complexity index is 1370. The van der Waals surface area contributed by atoms with Gasteiger partial charge in [0.05, 0.1) is 10.2 Å². The molecule has 2 aliphatic heterocycles. The maximum atomic E-state index is 12.5. The molecule has 0 bridgehead atoms. The van der Waals surface area contributed by atoms with Crippen molar-refractivity contribution in [2.24, 2.45) is 4.99 Å². The number of aromatic hydroxyl groups is 1. The van der Waals surface area contributed by atoms with Crippen LogP contribution in [-0.4, -0.2) is 22.4 Å². The predicted molar refractivity (Wildman–Crippen MR) is 116 cm³/mol. The van der Waals surface area contributed by atoms with E-state index < -0.39 is 0 Å². The molecule has 3 aromatic rings. The highest BCUT2D eigenvalue weighted by molar-refractivity contribution is 7.73. The molecule has 0 spiro atoms. The number of benzene rings is 2. The van der Waals surface area contributed by atoms with Crippen LogP contribution in [0.5, 0.6) is 17.4 Å². The molecule has 2 aromatic carbocycles. The van der Waals surface area contributed by atoms with Gasteiger partial charge in [0.1, 0.15) is 0 Å². The fraction of sp³-hybridized carbons (Fsp3) is 0.136. The van der Waals surface area contributed by atoms with Crippen LogP contribution in [0.15, 0.2) is 53.0 Å². The number of hydrogen-bond donors (Lipinski definition) is 1. The lowest BCUT2D eigenvalue weighted by Gasteiger charge is -2.06. The van der Waals surface area contributed by atoms with Gasteiger partial charge < -0.3 is 14.6 Å². The zero-order chi connectivity index (χ0) is 20.7. The highest BCUT2D eigenvalue weighted by atomic mass is 32.1. The van der Waals surface area contributed by atoms with Gasteiger partial charge in [0, 0.05) is 23.4 Å². The van der Waals surface area contributed by atoms with Gasteiger partial charge in [0.15, 0.2) is 15.5 Å². The Morgan fingerprint density at radius 3 is 2.77 bits per heavy atom. The van der Waals surface area contributed by atoms with E-state index in [1.165, 1.54) is 11.3 Å². The molecule has 0 fully saturated rings. The number of aryl methyl sites for hydroxylation is 1. The molecule has 3 heterocycles. The molecular formula is C22H16N2O4S2. The maximum Gasteiger partial charge on any atom is 0.277 e. The van der Waals surface area contributed by atoms with E-state index >= 15 is 0 Å². The largest absolute Gasteiger partial charge is 0.493 e. The van der Waals surface area contributed by atoms with Crippen molar-refractivity contribution in [3.8, 4) is 17.4 Å². The Kier molecular flexibility index (Phi) is 4.72. The van der Waals surface area contributed by atoms with Crippen molar-refractivity contribution in [1.29, 1.82) is 0 Å². The summed E-state index contributed by atoms with van der Waals surface area (Å²) in [6, 6.07) is 13.5. The number of nitrogens with zero attached hydrogens (tertiary/aromatic N) is 2. The topological polar surface area (TPSA) is 73.1 Å². The summed E-state index contributed by atoms with van der Waals surface area (Å²) in [5, 5.41) is 12.0. The van der Waals surface area contributed by atoms with Gasteiger partial charge >= 0.3 is 0 Å². The zero-order valence-corrected chi connectivity index (χ0v) is 17.3. The average molecular weight is 437 g/mol. The summed E-state index contributed by atoms with van der Waals surface area (Å²) in [5.74, 6) is 0.888. The van der Waals surface area contributed by atoms with E-state index in [0.29, 0.717) is 37.8 Å². The molecule has 8 heteroatoms. The van der Waals surface area contributed by atoms with Crippen LogP contribution < -0.4 is 20.0 Å². The van der Waals surface area contributed by atoms with Crippen molar-refractivity contribution in [2.75, 3.05) is 6.79 Å². The van der Waals surface area contributed by atoms with Crippen molar-refractivity contribution in [1.82, 2.24) is 4.57 Å². The first-order valence-electron chi connectivity index (χ1n) is 9.31. The predicted octanol–water partition coefficient (Wildman–Crippen LogP) is 2.98. The molecule has 0 saturated heterocycles. The molecular weight excluding hydrogens is 420 g/mol. The second-order valence-corrected chi connectivity index (χ2v) is 8.54. The average Bonchev–Trinajstić information content (AvgIpc) is 3.30. The summed E-state index contributed by atoms with van der Waals surface area (Å²) in [5.41, 5.74) is 1.54. The molecule has 0 unspecified atom stereocenters. The van der Waals surface area contributed by atoms with E-state index in [1.807, 2.05) is 30.3 Å². The number of ether oxygens (including phenoxy) is 2. The first kappa shape index (κ1) is 18.8. The molecule has 6 nitrogen and oxygen atoms in total. The standard InChI is InChI=1S/C22H16N2O4S2/c25-20-15(8-14-9-17-18(28-12-27-17)11-16(14)23-20)10-19-21(26)24(22(29)30-19)7-6-13-4-2-1-3-5-13/h1-5,8-11,26H,6-7,12H2. The highest BCUT2D eigenvalue weighted by Gasteiger charge is 2.19. The lowest BCUT2D eigenvalue weighted by Crippen LogP contribution is -2.30. The first-order chi connectivity index (χ1) is 14.6. The molecule has 1 amide bonds. The summed E-state index contributed by atoms with van der Waals surface area (Å²) in [4.78, 5) is 17.2. The van der Waals surface area contributed by atoms with Crippen LogP contribution in [0.3, 0.4) is 0 Å². The third-order valence-corrected chi connectivity index (χ3v) is 6.33. The third kappa shape index (κ3) is 3.44. The van der Waals surface area contributed by atoms with Gasteiger partial charge in [-0.15, -0.1) is 11.3 Å². The normalized spacial score (nSPS) is 15.6. The van der Waals surface area contributed by atoms with Gasteiger partial charge in [-0.3, -0.25) is 9.36 Å². The minimum Gasteiger partial charge on any atom is -0.493 e. The van der Waals surface area contributed by atoms with Crippen molar-refractivity contribution in [3.05, 3.63) is 73.0 Å². The van der Waals surface area contributed by atoms with Crippen LogP contribution >= 0.6 is 23.6 Å². The van der Waals surface area contributed by atoms with Crippen molar-refractivity contribution in [3.63, 3.8) is 0 Å². The summed E-state index contributed by atoms with van der Waals surface area (Å²) in [6.07, 6.45) is 4.12. The van der Waals surface area contributed by atoms with Gasteiger partial charge in [0.2, 0.25) is 12.7 Å². The van der Waals surface area contributed by atoms with Gasteiger partial charge in [-0.05, 0) is 42.4 Å². The SMILES string of the molecule is O=C1N=c2cc3c(cc2=CC1=Cc1sc(=S)n(CCc2ccccc2)c1O)OCO3. The van der Waals surface area contributed by atoms with E-state index in [-0.39, 0.29) is 18.6 Å². The van der Waals surface area contributed by atoms with Crippen LogP contribution in [0.4, 0.5) is 0 Å². The van der Waals surface area contributed by atoms with Gasteiger partial charge in [0.25, 0.3) is 5.91 Å². The molecule has 1 N–H and O–H groups in total. The van der Waals surface area contributed by atoms with Crippen LogP contribution in [0, 0.1) is 3.95 Å². The zero-order valence-electron chi connectivity index (χ0n) is 15.7. The minimum absolute atomic E-state index is 0.0612. The molecule has 0 radical (unpaired) electrons. The number of rotatable bonds is 4. The van der Waals surface area contributed by atoms with Crippen molar-refractivity contribution in [2.45, 2.75) is 13.0 Å². The van der Waals surface area contributed by atoms with E-state index in [0.717, 1.165) is 17.2 Å². The Morgan fingerprint density at radius 1 is 1.20 bits per heavy atom. The van der Waals surface area contributed by atoms with Gasteiger partial charge in [-0.25, -0.2) is 4.99 Å². The van der Waals surface area contributed by atoms with E-state index in [9.17, 15) is 9.90 Å². The van der Waals surface area contributed by atoms with Crippen molar-refractivity contribution >= 4 is 41.6 Å².